The van der Waals surface area contributed by atoms with E-state index in [1.54, 1.807) is 6.08 Å². The fourth-order valence-corrected chi connectivity index (χ4v) is 10.3. The van der Waals surface area contributed by atoms with Crippen LogP contribution in [-0.4, -0.2) is 8.62 Å². The number of aryl methyl sites for hydroxylation is 3. The number of phenolic OH excluding ortho intramolecular Hbond substituents is 1. The fourth-order valence-electron chi connectivity index (χ4n) is 8.04. The number of benzene rings is 5. The van der Waals surface area contributed by atoms with E-state index in [9.17, 15) is 5.11 Å². The summed E-state index contributed by atoms with van der Waals surface area (Å²) in [6.07, 6.45) is 33.6. The topological polar surface area (TPSA) is 20.2 Å². The van der Waals surface area contributed by atoms with E-state index in [2.05, 4.69) is 265 Å². The Labute approximate surface area is 520 Å². The number of phenols is 1. The number of hydrogen-bond acceptors (Lipinski definition) is 1. The predicted molar refractivity (Wildman–Crippen MR) is 393 cm³/mol. The second-order valence-electron chi connectivity index (χ2n) is 19.9. The Bertz CT molecular complexity index is 2960. The molecule has 7 rings (SSSR count). The number of allylic oxidation sites excluding steroid dienone is 21. The van der Waals surface area contributed by atoms with Gasteiger partial charge in [-0.15, -0.1) is 0 Å². The molecular formula is C81H111IO. The highest BCUT2D eigenvalue weighted by Crippen LogP contribution is 2.35. The first-order valence-electron chi connectivity index (χ1n) is 30.5. The van der Waals surface area contributed by atoms with Crippen LogP contribution < -0.4 is 0 Å². The zero-order valence-electron chi connectivity index (χ0n) is 56.2. The number of halogens is 1. The summed E-state index contributed by atoms with van der Waals surface area (Å²) < 4.78 is 3.49. The third-order valence-electron chi connectivity index (χ3n) is 12.5. The molecule has 1 aliphatic carbocycles. The van der Waals surface area contributed by atoms with Gasteiger partial charge in [0.1, 0.15) is 5.75 Å². The molecule has 0 spiro atoms. The minimum atomic E-state index is -0.176. The minimum Gasteiger partial charge on any atom is -0.507 e. The van der Waals surface area contributed by atoms with Crippen molar-refractivity contribution in [3.8, 4) is 28.0 Å². The minimum absolute atomic E-state index is 0.112. The average molecular weight is 1230 g/mol. The van der Waals surface area contributed by atoms with Crippen LogP contribution in [0.3, 0.4) is 0 Å². The molecule has 5 aromatic rings. The molecule has 0 amide bonds. The van der Waals surface area contributed by atoms with E-state index in [1.165, 1.54) is 92.6 Å². The number of hydrogen-bond donors (Lipinski definition) is 1. The van der Waals surface area contributed by atoms with Gasteiger partial charge in [0.25, 0.3) is 0 Å². The summed E-state index contributed by atoms with van der Waals surface area (Å²) in [6, 6.07) is 36.7. The van der Waals surface area contributed by atoms with Crippen molar-refractivity contribution in [2.75, 3.05) is 0 Å². The van der Waals surface area contributed by atoms with Gasteiger partial charge in [0.05, 0.1) is 0 Å². The standard InChI is InChI=1S/C23H28.C20H21IO.C14H14.C14H18.5C2H6/c1-7-8-9-18(3)21-15-14-20(16-22(21)23(4,5)6)19-12-10-17(2)11-13-19;1-5-6-9-14(2)15(3)17-11-12-19(22)20(16(17)4)18-10-7-8-13-21-18;1-11-3-7-13(8-4-11)14-9-5-12(2)6-10-14;1-4-13(11-10-12(2)3)14-8-6-5-7-9-14;5*1-2/h7-16H,1-6H3;5-13,22H,1H2,2-4H3;3-10H,1-2H3;4,6,8-11H,1,5,7H2,2-3H3;5*1-2H3/b8-7-,18-9+;9-6-,15-14+;;13-11+;;;;;. The van der Waals surface area contributed by atoms with Crippen molar-refractivity contribution >= 4 is 35.4 Å². The summed E-state index contributed by atoms with van der Waals surface area (Å²) in [5.41, 5.74) is 22.8. The van der Waals surface area contributed by atoms with Crippen LogP contribution in [0.1, 0.15) is 189 Å². The van der Waals surface area contributed by atoms with Gasteiger partial charge in [-0.25, -0.2) is 0 Å². The van der Waals surface area contributed by atoms with E-state index in [0.717, 1.165) is 24.0 Å². The van der Waals surface area contributed by atoms with Gasteiger partial charge < -0.3 is 5.11 Å². The van der Waals surface area contributed by atoms with Crippen LogP contribution in [0.5, 0.6) is 5.75 Å². The van der Waals surface area contributed by atoms with Crippen molar-refractivity contribution < 1.29 is 5.11 Å². The van der Waals surface area contributed by atoms with Gasteiger partial charge in [-0.3, -0.25) is 0 Å². The molecular weight excluding hydrogens is 1120 g/mol. The maximum Gasteiger partial charge on any atom is 0.124 e. The molecule has 1 nitrogen and oxygen atoms in total. The van der Waals surface area contributed by atoms with Crippen molar-refractivity contribution in [3.05, 3.63) is 278 Å². The van der Waals surface area contributed by atoms with E-state index in [1.807, 2.05) is 99.6 Å². The molecule has 0 radical (unpaired) electrons. The van der Waals surface area contributed by atoms with E-state index < -0.39 is 0 Å². The molecule has 0 fully saturated rings. The molecule has 1 N–H and O–H groups in total. The van der Waals surface area contributed by atoms with Crippen molar-refractivity contribution in [2.45, 2.75) is 178 Å². The van der Waals surface area contributed by atoms with E-state index in [0.29, 0.717) is 5.75 Å². The third kappa shape index (κ3) is 29.0. The highest BCUT2D eigenvalue weighted by molar-refractivity contribution is 14.2. The second kappa shape index (κ2) is 45.8. The van der Waals surface area contributed by atoms with Gasteiger partial charge in [-0.1, -0.05) is 328 Å². The molecule has 0 saturated heterocycles. The first-order valence-corrected chi connectivity index (χ1v) is 32.8. The fraction of sp³-hybridized carbons (Fsp3) is 0.321. The lowest BCUT2D eigenvalue weighted by atomic mass is 9.80. The molecule has 83 heavy (non-hydrogen) atoms. The molecule has 2 heteroatoms. The first-order chi connectivity index (χ1) is 39.9. The van der Waals surface area contributed by atoms with Crippen molar-refractivity contribution in [1.29, 1.82) is 0 Å². The zero-order valence-corrected chi connectivity index (χ0v) is 58.4. The van der Waals surface area contributed by atoms with Gasteiger partial charge in [0.2, 0.25) is 0 Å². The lowest BCUT2D eigenvalue weighted by molar-refractivity contribution is 0.474. The molecule has 0 saturated carbocycles. The third-order valence-corrected chi connectivity index (χ3v) is 14.9. The smallest absolute Gasteiger partial charge is 0.124 e. The Morgan fingerprint density at radius 1 is 0.566 bits per heavy atom. The summed E-state index contributed by atoms with van der Waals surface area (Å²) in [5.74, 6) is 0.378. The van der Waals surface area contributed by atoms with Crippen molar-refractivity contribution in [1.82, 2.24) is 0 Å². The van der Waals surface area contributed by atoms with Gasteiger partial charge in [-0.05, 0) is 176 Å². The Morgan fingerprint density at radius 2 is 1.06 bits per heavy atom. The highest BCUT2D eigenvalue weighted by Gasteiger charge is 2.20. The van der Waals surface area contributed by atoms with Crippen LogP contribution in [0.15, 0.2) is 234 Å². The van der Waals surface area contributed by atoms with Gasteiger partial charge in [-0.2, -0.15) is 0 Å². The molecule has 0 atom stereocenters. The maximum absolute atomic E-state index is 10.3. The normalized spacial score (nSPS) is 12.4. The predicted octanol–water partition coefficient (Wildman–Crippen LogP) is 26.2. The number of aromatic hydroxyl groups is 1. The van der Waals surface area contributed by atoms with Gasteiger partial charge in [0, 0.05) is 9.07 Å². The molecule has 5 aromatic carbocycles. The van der Waals surface area contributed by atoms with Crippen LogP contribution in [0, 0.1) is 27.7 Å². The molecule has 0 bridgehead atoms. The molecule has 0 unspecified atom stereocenters. The quantitative estimate of drug-likeness (QED) is 0.103. The molecule has 1 heterocycles. The highest BCUT2D eigenvalue weighted by atomic mass is 127. The summed E-state index contributed by atoms with van der Waals surface area (Å²) in [5, 5.41) is 10.3. The molecule has 0 aromatic heterocycles. The summed E-state index contributed by atoms with van der Waals surface area (Å²) in [7, 11) is 0. The molecule has 448 valence electrons. The van der Waals surface area contributed by atoms with Crippen molar-refractivity contribution in [3.63, 3.8) is 0 Å². The van der Waals surface area contributed by atoms with E-state index in [-0.39, 0.29) is 26.1 Å². The van der Waals surface area contributed by atoms with Gasteiger partial charge in [0.15, 0.2) is 0 Å². The van der Waals surface area contributed by atoms with Crippen LogP contribution in [0.2, 0.25) is 0 Å². The molecule has 2 aliphatic rings. The first kappa shape index (κ1) is 78.4. The van der Waals surface area contributed by atoms with Gasteiger partial charge >= 0.3 is 0 Å². The zero-order chi connectivity index (χ0) is 63.5. The van der Waals surface area contributed by atoms with Crippen molar-refractivity contribution in [2.24, 2.45) is 0 Å². The monoisotopic (exact) mass is 1230 g/mol. The van der Waals surface area contributed by atoms with Crippen LogP contribution in [0.4, 0.5) is 0 Å². The molecule has 1 aliphatic heterocycles. The largest absolute Gasteiger partial charge is 0.507 e. The average Bonchev–Trinajstić information content (AvgIpc) is 3.70. The Kier molecular flexibility index (Phi) is 43.3. The van der Waals surface area contributed by atoms with Crippen LogP contribution >= 0.6 is 20.7 Å². The Hall–Kier alpha value is -6.62. The maximum atomic E-state index is 10.3. The number of rotatable bonds is 11. The Balaban J connectivity index is 0. The SMILES string of the molecule is C/C=C\C=C(/C)c1ccc(-c2ccc(C)cc2)cc1C(C)(C)C.C=C/C(=C\C=C(C)C)C1=CCCC=C1.C=C/C=C\C(C)=C(/C)c1ccc(O)c(C2=IC=CC=C2)c1C.CC.CC.CC.CC.CC.Cc1ccc(-c2ccc(C)cc2)cc1. The van der Waals surface area contributed by atoms with Crippen LogP contribution in [-0.2, 0) is 5.41 Å². The lowest BCUT2D eigenvalue weighted by Crippen LogP contribution is -2.14. The second-order valence-corrected chi connectivity index (χ2v) is 22.4. The van der Waals surface area contributed by atoms with E-state index >= 15 is 0 Å². The lowest BCUT2D eigenvalue weighted by Gasteiger charge is -2.24. The van der Waals surface area contributed by atoms with E-state index in [4.69, 9.17) is 0 Å². The summed E-state index contributed by atoms with van der Waals surface area (Å²) >= 11 is -0.176. The summed E-state index contributed by atoms with van der Waals surface area (Å²) in [6.45, 7) is 55.5. The Morgan fingerprint density at radius 3 is 1.48 bits per heavy atom. The van der Waals surface area contributed by atoms with Crippen LogP contribution in [0.25, 0.3) is 33.4 Å². The summed E-state index contributed by atoms with van der Waals surface area (Å²) in [4.78, 5) is 0.